The topological polar surface area (TPSA) is 0 Å². The van der Waals surface area contributed by atoms with Gasteiger partial charge in [0.15, 0.2) is 0 Å². The summed E-state index contributed by atoms with van der Waals surface area (Å²) in [4.78, 5) is 0. The number of hydrogen-bond donors (Lipinski definition) is 0. The van der Waals surface area contributed by atoms with Crippen LogP contribution in [-0.4, -0.2) is 6.18 Å². The van der Waals surface area contributed by atoms with Gasteiger partial charge in [0.05, 0.1) is 0 Å². The van der Waals surface area contributed by atoms with Gasteiger partial charge in [-0.1, -0.05) is 90.4 Å². The second-order valence-electron chi connectivity index (χ2n) is 5.96. The first-order valence-corrected chi connectivity index (χ1v) is 8.63. The largest absolute Gasteiger partial charge is 0.389 e. The average molecular weight is 294 g/mol. The molecule has 0 aliphatic rings. The Morgan fingerprint density at radius 3 is 1.10 bits per heavy atom. The van der Waals surface area contributed by atoms with Crippen LogP contribution in [0.3, 0.4) is 0 Å². The number of halogens is 3. The lowest BCUT2D eigenvalue weighted by atomic mass is 10.0. The molecule has 0 unspecified atom stereocenters. The van der Waals surface area contributed by atoms with Crippen LogP contribution in [0.2, 0.25) is 0 Å². The van der Waals surface area contributed by atoms with E-state index in [1.165, 1.54) is 64.2 Å². The summed E-state index contributed by atoms with van der Waals surface area (Å²) in [5.74, 6) is 0. The summed E-state index contributed by atoms with van der Waals surface area (Å²) >= 11 is 0. The molecule has 3 heteroatoms. The summed E-state index contributed by atoms with van der Waals surface area (Å²) in [5, 5.41) is 0. The average Bonchev–Trinajstić information content (AvgIpc) is 2.38. The molecule has 0 aromatic carbocycles. The van der Waals surface area contributed by atoms with Gasteiger partial charge in [0.2, 0.25) is 0 Å². The predicted molar refractivity (Wildman–Crippen MR) is 81.0 cm³/mol. The van der Waals surface area contributed by atoms with E-state index < -0.39 is 12.6 Å². The second kappa shape index (κ2) is 13.8. The fourth-order valence-corrected chi connectivity index (χ4v) is 2.52. The van der Waals surface area contributed by atoms with E-state index in [2.05, 4.69) is 6.92 Å². The van der Waals surface area contributed by atoms with Gasteiger partial charge in [-0.25, -0.2) is 0 Å². The van der Waals surface area contributed by atoms with Crippen LogP contribution in [0.1, 0.15) is 103 Å². The van der Waals surface area contributed by atoms with Crippen LogP contribution in [-0.2, 0) is 0 Å². The van der Waals surface area contributed by atoms with Crippen molar-refractivity contribution in [2.45, 2.75) is 109 Å². The summed E-state index contributed by atoms with van der Waals surface area (Å²) < 4.78 is 35.7. The first-order chi connectivity index (χ1) is 9.56. The maximum atomic E-state index is 11.9. The van der Waals surface area contributed by atoms with E-state index in [0.29, 0.717) is 6.42 Å². The third kappa shape index (κ3) is 17.8. The zero-order chi connectivity index (χ0) is 15.1. The van der Waals surface area contributed by atoms with Crippen LogP contribution in [0.15, 0.2) is 0 Å². The summed E-state index contributed by atoms with van der Waals surface area (Å²) in [7, 11) is 0. The van der Waals surface area contributed by atoms with Crippen molar-refractivity contribution in [3.05, 3.63) is 0 Å². The van der Waals surface area contributed by atoms with Gasteiger partial charge >= 0.3 is 6.18 Å². The quantitative estimate of drug-likeness (QED) is 0.292. The number of rotatable bonds is 14. The molecule has 0 heterocycles. The highest BCUT2D eigenvalue weighted by Gasteiger charge is 2.25. The monoisotopic (exact) mass is 294 g/mol. The van der Waals surface area contributed by atoms with E-state index in [1.54, 1.807) is 0 Å². The predicted octanol–water partition coefficient (Wildman–Crippen LogP) is 7.42. The Kier molecular flexibility index (Phi) is 13.6. The molecule has 0 nitrogen and oxygen atoms in total. The summed E-state index contributed by atoms with van der Waals surface area (Å²) in [6.45, 7) is 2.24. The van der Waals surface area contributed by atoms with E-state index in [9.17, 15) is 13.2 Å². The van der Waals surface area contributed by atoms with Gasteiger partial charge in [0.25, 0.3) is 0 Å². The standard InChI is InChI=1S/C17H33F3/c1-2-3-4-5-6-7-8-9-10-11-12-13-14-15-16-17(18,19)20/h2-16H2,1H3. The SMILES string of the molecule is CCCCCCCCCCCCCCCCC(F)(F)F. The molecule has 0 fully saturated rings. The lowest BCUT2D eigenvalue weighted by Crippen LogP contribution is -2.06. The minimum atomic E-state index is -3.96. The Hall–Kier alpha value is -0.210. The van der Waals surface area contributed by atoms with Crippen LogP contribution in [0, 0.1) is 0 Å². The first kappa shape index (κ1) is 19.8. The summed E-state index contributed by atoms with van der Waals surface area (Å²) in [6.07, 6.45) is 11.8. The van der Waals surface area contributed by atoms with Crippen molar-refractivity contribution < 1.29 is 13.2 Å². The first-order valence-electron chi connectivity index (χ1n) is 8.63. The van der Waals surface area contributed by atoms with Crippen molar-refractivity contribution in [3.63, 3.8) is 0 Å². The van der Waals surface area contributed by atoms with Crippen molar-refractivity contribution >= 4 is 0 Å². The van der Waals surface area contributed by atoms with Crippen LogP contribution < -0.4 is 0 Å². The van der Waals surface area contributed by atoms with Gasteiger partial charge in [0, 0.05) is 6.42 Å². The maximum Gasteiger partial charge on any atom is 0.389 e. The highest BCUT2D eigenvalue weighted by atomic mass is 19.4. The maximum absolute atomic E-state index is 11.9. The van der Waals surface area contributed by atoms with Gasteiger partial charge < -0.3 is 0 Å². The van der Waals surface area contributed by atoms with Crippen molar-refractivity contribution in [2.75, 3.05) is 0 Å². The summed E-state index contributed by atoms with van der Waals surface area (Å²) in [6, 6.07) is 0. The van der Waals surface area contributed by atoms with Crippen molar-refractivity contribution in [3.8, 4) is 0 Å². The molecule has 0 radical (unpaired) electrons. The van der Waals surface area contributed by atoms with Crippen LogP contribution >= 0.6 is 0 Å². The van der Waals surface area contributed by atoms with E-state index in [1.807, 2.05) is 0 Å². The lowest BCUT2D eigenvalue weighted by Gasteiger charge is -2.05. The smallest absolute Gasteiger partial charge is 0.171 e. The molecule has 122 valence electrons. The molecule has 20 heavy (non-hydrogen) atoms. The zero-order valence-corrected chi connectivity index (χ0v) is 13.2. The molecule has 0 saturated heterocycles. The minimum Gasteiger partial charge on any atom is -0.171 e. The van der Waals surface area contributed by atoms with Crippen molar-refractivity contribution in [1.29, 1.82) is 0 Å². The van der Waals surface area contributed by atoms with Crippen LogP contribution in [0.25, 0.3) is 0 Å². The normalized spacial score (nSPS) is 12.0. The number of hydrogen-bond acceptors (Lipinski definition) is 0. The molecule has 0 aliphatic heterocycles. The molecule has 0 atom stereocenters. The molecule has 0 N–H and O–H groups in total. The van der Waals surface area contributed by atoms with E-state index in [0.717, 1.165) is 19.3 Å². The molecular formula is C17H33F3. The number of alkyl halides is 3. The minimum absolute atomic E-state index is 0.307. The Labute approximate surface area is 123 Å². The Balaban J connectivity index is 2.99. The Bertz CT molecular complexity index is 187. The zero-order valence-electron chi connectivity index (χ0n) is 13.2. The Morgan fingerprint density at radius 2 is 0.800 bits per heavy atom. The molecule has 0 saturated carbocycles. The lowest BCUT2D eigenvalue weighted by molar-refractivity contribution is -0.135. The van der Waals surface area contributed by atoms with Gasteiger partial charge in [0.1, 0.15) is 0 Å². The van der Waals surface area contributed by atoms with E-state index >= 15 is 0 Å². The highest BCUT2D eigenvalue weighted by Crippen LogP contribution is 2.23. The molecule has 0 rings (SSSR count). The van der Waals surface area contributed by atoms with Gasteiger partial charge in [-0.15, -0.1) is 0 Å². The molecular weight excluding hydrogens is 261 g/mol. The molecule has 0 spiro atoms. The molecule has 0 amide bonds. The van der Waals surface area contributed by atoms with Crippen LogP contribution in [0.4, 0.5) is 13.2 Å². The molecule has 0 aliphatic carbocycles. The fourth-order valence-electron chi connectivity index (χ4n) is 2.52. The fraction of sp³-hybridized carbons (Fsp3) is 1.00. The second-order valence-corrected chi connectivity index (χ2v) is 5.96. The van der Waals surface area contributed by atoms with E-state index in [4.69, 9.17) is 0 Å². The van der Waals surface area contributed by atoms with Crippen LogP contribution in [0.5, 0.6) is 0 Å². The van der Waals surface area contributed by atoms with Crippen molar-refractivity contribution in [2.24, 2.45) is 0 Å². The Morgan fingerprint density at radius 1 is 0.500 bits per heavy atom. The molecule has 0 aromatic heterocycles. The van der Waals surface area contributed by atoms with E-state index in [-0.39, 0.29) is 0 Å². The highest BCUT2D eigenvalue weighted by molar-refractivity contribution is 4.52. The van der Waals surface area contributed by atoms with Gasteiger partial charge in [-0.05, 0) is 6.42 Å². The molecule has 0 bridgehead atoms. The molecule has 0 aromatic rings. The number of unbranched alkanes of at least 4 members (excludes halogenated alkanes) is 13. The third-order valence-corrected chi connectivity index (χ3v) is 3.81. The van der Waals surface area contributed by atoms with Gasteiger partial charge in [-0.2, -0.15) is 13.2 Å². The van der Waals surface area contributed by atoms with Gasteiger partial charge in [-0.3, -0.25) is 0 Å². The summed E-state index contributed by atoms with van der Waals surface area (Å²) in [5.41, 5.74) is 0. The van der Waals surface area contributed by atoms with Crippen molar-refractivity contribution in [1.82, 2.24) is 0 Å². The third-order valence-electron chi connectivity index (χ3n) is 3.81.